The highest BCUT2D eigenvalue weighted by atomic mass is 16.5. The predicted octanol–water partition coefficient (Wildman–Crippen LogP) is 4.12. The van der Waals surface area contributed by atoms with Crippen LogP contribution in [0.2, 0.25) is 0 Å². The molecule has 31 heavy (non-hydrogen) atoms. The second-order valence-corrected chi connectivity index (χ2v) is 8.47. The van der Waals surface area contributed by atoms with Gasteiger partial charge in [0, 0.05) is 25.6 Å². The second kappa shape index (κ2) is 9.41. The summed E-state index contributed by atoms with van der Waals surface area (Å²) in [7, 11) is 0. The Bertz CT molecular complexity index is 920. The number of hydrogen-bond donors (Lipinski definition) is 1. The van der Waals surface area contributed by atoms with E-state index in [0.29, 0.717) is 39.0 Å². The van der Waals surface area contributed by atoms with E-state index in [4.69, 9.17) is 4.74 Å². The molecule has 2 heterocycles. The van der Waals surface area contributed by atoms with Gasteiger partial charge in [0.15, 0.2) is 0 Å². The molecule has 2 aliphatic rings. The molecule has 2 aromatic rings. The zero-order chi connectivity index (χ0) is 21.8. The van der Waals surface area contributed by atoms with Crippen molar-refractivity contribution in [2.75, 3.05) is 24.5 Å². The molecule has 1 N–H and O–H groups in total. The number of anilines is 1. The van der Waals surface area contributed by atoms with E-state index < -0.39 is 0 Å². The Morgan fingerprint density at radius 2 is 1.77 bits per heavy atom. The number of aryl methyl sites for hydroxylation is 1. The highest BCUT2D eigenvalue weighted by Gasteiger charge is 2.34. The quantitative estimate of drug-likeness (QED) is 0.808. The van der Waals surface area contributed by atoms with E-state index >= 15 is 0 Å². The molecule has 4 rings (SSSR count). The summed E-state index contributed by atoms with van der Waals surface area (Å²) in [6, 6.07) is 15.9. The highest BCUT2D eigenvalue weighted by Crippen LogP contribution is 2.35. The number of ether oxygens (including phenoxy) is 1. The maximum absolute atomic E-state index is 13.3. The van der Waals surface area contributed by atoms with E-state index in [1.807, 2.05) is 46.2 Å². The number of benzene rings is 2. The highest BCUT2D eigenvalue weighted by molar-refractivity contribution is 5.94. The second-order valence-electron chi connectivity index (χ2n) is 8.47. The Kier molecular flexibility index (Phi) is 6.44. The van der Waals surface area contributed by atoms with Crippen molar-refractivity contribution >= 4 is 17.6 Å². The third-order valence-electron chi connectivity index (χ3n) is 6.25. The number of amides is 3. The fourth-order valence-electron chi connectivity index (χ4n) is 4.24. The lowest BCUT2D eigenvalue weighted by Crippen LogP contribution is -2.52. The van der Waals surface area contributed by atoms with Crippen molar-refractivity contribution in [3.63, 3.8) is 0 Å². The number of urea groups is 1. The predicted molar refractivity (Wildman–Crippen MR) is 121 cm³/mol. The van der Waals surface area contributed by atoms with Gasteiger partial charge in [-0.05, 0) is 43.9 Å². The average molecular weight is 422 g/mol. The van der Waals surface area contributed by atoms with Crippen LogP contribution in [0.3, 0.4) is 0 Å². The maximum atomic E-state index is 13.3. The summed E-state index contributed by atoms with van der Waals surface area (Å²) in [5.41, 5.74) is 3.14. The van der Waals surface area contributed by atoms with Crippen LogP contribution in [0.15, 0.2) is 48.5 Å². The van der Waals surface area contributed by atoms with E-state index in [2.05, 4.69) is 31.3 Å². The van der Waals surface area contributed by atoms with Crippen molar-refractivity contribution in [3.8, 4) is 5.75 Å². The molecular weight excluding hydrogens is 390 g/mol. The Hall–Kier alpha value is -3.02. The number of hydrogen-bond acceptors (Lipinski definition) is 3. The normalized spacial score (nSPS) is 18.8. The van der Waals surface area contributed by atoms with Crippen LogP contribution < -0.4 is 15.0 Å². The van der Waals surface area contributed by atoms with Crippen molar-refractivity contribution in [2.45, 2.75) is 45.8 Å². The van der Waals surface area contributed by atoms with Gasteiger partial charge < -0.3 is 15.0 Å². The molecule has 0 unspecified atom stereocenters. The first-order chi connectivity index (χ1) is 15.0. The van der Waals surface area contributed by atoms with Crippen LogP contribution in [0.1, 0.15) is 37.3 Å². The van der Waals surface area contributed by atoms with Crippen LogP contribution >= 0.6 is 0 Å². The summed E-state index contributed by atoms with van der Waals surface area (Å²) >= 11 is 0. The molecule has 0 spiro atoms. The Morgan fingerprint density at radius 1 is 1.06 bits per heavy atom. The monoisotopic (exact) mass is 421 g/mol. The third kappa shape index (κ3) is 4.84. The van der Waals surface area contributed by atoms with E-state index in [1.54, 1.807) is 0 Å². The van der Waals surface area contributed by atoms with Gasteiger partial charge in [-0.3, -0.25) is 9.69 Å². The summed E-state index contributed by atoms with van der Waals surface area (Å²) in [5.74, 6) is 0.796. The van der Waals surface area contributed by atoms with Crippen LogP contribution in [-0.2, 0) is 11.3 Å². The molecule has 0 aromatic heterocycles. The lowest BCUT2D eigenvalue weighted by molar-refractivity contribution is -0.126. The van der Waals surface area contributed by atoms with Gasteiger partial charge in [0.2, 0.25) is 5.91 Å². The maximum Gasteiger partial charge on any atom is 0.324 e. The Morgan fingerprint density at radius 3 is 2.48 bits per heavy atom. The van der Waals surface area contributed by atoms with Crippen LogP contribution in [0.25, 0.3) is 0 Å². The van der Waals surface area contributed by atoms with Crippen molar-refractivity contribution in [3.05, 3.63) is 59.7 Å². The lowest BCUT2D eigenvalue weighted by Gasteiger charge is -2.39. The number of likely N-dealkylation sites (tertiary alicyclic amines) is 1. The standard InChI is InChI=1S/C25H31N3O3/c1-3-21-17-28(22-6-4-5-7-23(22)31-21)25(30)27-14-12-20(13-15-27)24(29)26-16-19-10-8-18(2)9-11-19/h4-11,20-21H,3,12-17H2,1-2H3,(H,26,29)/t21-/m0/s1. The number of fused-ring (bicyclic) bond motifs is 1. The van der Waals surface area contributed by atoms with Crippen LogP contribution in [-0.4, -0.2) is 42.6 Å². The largest absolute Gasteiger partial charge is 0.486 e. The lowest BCUT2D eigenvalue weighted by atomic mass is 9.96. The number of piperidine rings is 1. The number of carbonyl (C=O) groups excluding carboxylic acids is 2. The summed E-state index contributed by atoms with van der Waals surface area (Å²) in [6.07, 6.45) is 2.23. The summed E-state index contributed by atoms with van der Waals surface area (Å²) < 4.78 is 6.00. The van der Waals surface area contributed by atoms with Gasteiger partial charge in [0.05, 0.1) is 12.2 Å². The van der Waals surface area contributed by atoms with Crippen LogP contribution in [0.5, 0.6) is 5.75 Å². The molecule has 1 saturated heterocycles. The van der Waals surface area contributed by atoms with E-state index in [0.717, 1.165) is 23.4 Å². The number of para-hydroxylation sites is 2. The smallest absolute Gasteiger partial charge is 0.324 e. The molecule has 1 fully saturated rings. The Balaban J connectivity index is 1.32. The van der Waals surface area contributed by atoms with Gasteiger partial charge in [-0.15, -0.1) is 0 Å². The van der Waals surface area contributed by atoms with E-state index in [9.17, 15) is 9.59 Å². The summed E-state index contributed by atoms with van der Waals surface area (Å²) in [5, 5.41) is 3.05. The zero-order valence-corrected chi connectivity index (χ0v) is 18.3. The molecule has 0 aliphatic carbocycles. The molecule has 2 aromatic carbocycles. The number of rotatable bonds is 4. The molecule has 0 saturated carbocycles. The van der Waals surface area contributed by atoms with Crippen LogP contribution in [0, 0.1) is 12.8 Å². The minimum atomic E-state index is -0.0464. The van der Waals surface area contributed by atoms with Crippen molar-refractivity contribution in [1.29, 1.82) is 0 Å². The van der Waals surface area contributed by atoms with Gasteiger partial charge in [-0.1, -0.05) is 48.9 Å². The topological polar surface area (TPSA) is 61.9 Å². The van der Waals surface area contributed by atoms with E-state index in [1.165, 1.54) is 5.56 Å². The molecule has 2 aliphatic heterocycles. The molecular formula is C25H31N3O3. The third-order valence-corrected chi connectivity index (χ3v) is 6.25. The van der Waals surface area contributed by atoms with Gasteiger partial charge in [0.1, 0.15) is 11.9 Å². The van der Waals surface area contributed by atoms with Gasteiger partial charge in [-0.2, -0.15) is 0 Å². The number of nitrogens with one attached hydrogen (secondary N) is 1. The van der Waals surface area contributed by atoms with Crippen molar-refractivity contribution in [1.82, 2.24) is 10.2 Å². The number of carbonyl (C=O) groups is 2. The summed E-state index contributed by atoms with van der Waals surface area (Å²) in [4.78, 5) is 29.6. The van der Waals surface area contributed by atoms with E-state index in [-0.39, 0.29) is 24.0 Å². The average Bonchev–Trinajstić information content (AvgIpc) is 2.82. The fraction of sp³-hybridized carbons (Fsp3) is 0.440. The van der Waals surface area contributed by atoms with Crippen molar-refractivity contribution in [2.24, 2.45) is 5.92 Å². The molecule has 0 radical (unpaired) electrons. The first-order valence-electron chi connectivity index (χ1n) is 11.2. The van der Waals surface area contributed by atoms with Gasteiger partial charge in [-0.25, -0.2) is 4.79 Å². The fourth-order valence-corrected chi connectivity index (χ4v) is 4.24. The molecule has 6 heteroatoms. The Labute approximate surface area is 184 Å². The van der Waals surface area contributed by atoms with Gasteiger partial charge >= 0.3 is 6.03 Å². The zero-order valence-electron chi connectivity index (χ0n) is 18.3. The molecule has 1 atom stereocenters. The summed E-state index contributed by atoms with van der Waals surface area (Å²) in [6.45, 7) is 6.41. The SMILES string of the molecule is CC[C@H]1CN(C(=O)N2CCC(C(=O)NCc3ccc(C)cc3)CC2)c2ccccc2O1. The first kappa shape index (κ1) is 21.2. The molecule has 6 nitrogen and oxygen atoms in total. The van der Waals surface area contributed by atoms with Gasteiger partial charge in [0.25, 0.3) is 0 Å². The minimum Gasteiger partial charge on any atom is -0.486 e. The first-order valence-corrected chi connectivity index (χ1v) is 11.2. The molecule has 164 valence electrons. The number of nitrogens with zero attached hydrogens (tertiary/aromatic N) is 2. The van der Waals surface area contributed by atoms with Crippen LogP contribution in [0.4, 0.5) is 10.5 Å². The molecule has 3 amide bonds. The minimum absolute atomic E-state index is 0.00365. The molecule has 0 bridgehead atoms. The van der Waals surface area contributed by atoms with Crippen molar-refractivity contribution < 1.29 is 14.3 Å².